The van der Waals surface area contributed by atoms with Crippen LogP contribution in [0, 0.1) is 11.7 Å². The monoisotopic (exact) mass is 434 g/mol. The van der Waals surface area contributed by atoms with Crippen molar-refractivity contribution >= 4 is 29.1 Å². The number of carbonyl (C=O) groups excluding carboxylic acids is 2. The van der Waals surface area contributed by atoms with Crippen LogP contribution in [0.2, 0.25) is 5.15 Å². The molecule has 1 aromatic heterocycles. The highest BCUT2D eigenvalue weighted by atomic mass is 35.5. The Kier molecular flexibility index (Phi) is 5.44. The zero-order chi connectivity index (χ0) is 21.5. The molecule has 1 aromatic carbocycles. The third kappa shape index (κ3) is 4.29. The molecule has 2 aromatic rings. The maximum Gasteiger partial charge on any atom is 0.573 e. The van der Waals surface area contributed by atoms with Crippen molar-refractivity contribution in [3.63, 3.8) is 0 Å². The quantitative estimate of drug-likeness (QED) is 0.593. The molecule has 3 rings (SSSR count). The Bertz CT molecular complexity index is 963. The average Bonchev–Trinajstić information content (AvgIpc) is 3.08. The van der Waals surface area contributed by atoms with Crippen LogP contribution in [0.15, 0.2) is 24.3 Å². The highest BCUT2D eigenvalue weighted by molar-refractivity contribution is 6.29. The van der Waals surface area contributed by atoms with Gasteiger partial charge in [0.2, 0.25) is 11.8 Å². The number of anilines is 1. The van der Waals surface area contributed by atoms with Gasteiger partial charge in [0.25, 0.3) is 0 Å². The van der Waals surface area contributed by atoms with Gasteiger partial charge in [-0.1, -0.05) is 17.7 Å². The van der Waals surface area contributed by atoms with Crippen molar-refractivity contribution in [2.45, 2.75) is 12.3 Å². The van der Waals surface area contributed by atoms with Crippen LogP contribution in [0.3, 0.4) is 0 Å². The number of nitrogens with zero attached hydrogens (tertiary/aromatic N) is 3. The molecule has 2 amide bonds. The number of rotatable bonds is 4. The fraction of sp³-hybridized carbons (Fsp3) is 0.353. The van der Waals surface area contributed by atoms with Crippen LogP contribution in [-0.2, 0) is 16.6 Å². The Balaban J connectivity index is 1.92. The third-order valence-electron chi connectivity index (χ3n) is 4.51. The van der Waals surface area contributed by atoms with E-state index in [1.165, 1.54) is 22.7 Å². The first-order valence-electron chi connectivity index (χ1n) is 8.27. The number of hydrogen-bond donors (Lipinski definition) is 1. The Hall–Kier alpha value is -2.82. The molecule has 0 bridgehead atoms. The number of amides is 2. The van der Waals surface area contributed by atoms with E-state index in [0.717, 1.165) is 18.2 Å². The van der Waals surface area contributed by atoms with Gasteiger partial charge in [-0.05, 0) is 18.2 Å². The van der Waals surface area contributed by atoms with Gasteiger partial charge in [0.1, 0.15) is 5.92 Å². The molecular formula is C17H15ClF4N4O3. The number of aromatic nitrogens is 2. The molecular weight excluding hydrogens is 420 g/mol. The number of nitrogens with one attached hydrogen (secondary N) is 1. The van der Waals surface area contributed by atoms with E-state index in [2.05, 4.69) is 15.2 Å². The number of hydrogen-bond acceptors (Lipinski definition) is 4. The topological polar surface area (TPSA) is 76.5 Å². The first-order valence-corrected chi connectivity index (χ1v) is 8.65. The smallest absolute Gasteiger partial charge is 0.400 e. The molecule has 1 aliphatic rings. The van der Waals surface area contributed by atoms with Gasteiger partial charge in [-0.15, -0.1) is 13.2 Å². The number of ether oxygens (including phenoxy) is 1. The minimum atomic E-state index is -5.17. The third-order valence-corrected chi connectivity index (χ3v) is 4.69. The molecule has 29 heavy (non-hydrogen) atoms. The van der Waals surface area contributed by atoms with E-state index < -0.39 is 47.3 Å². The summed E-state index contributed by atoms with van der Waals surface area (Å²) in [5.74, 6) is -5.87. The second kappa shape index (κ2) is 7.54. The largest absolute Gasteiger partial charge is 0.573 e. The van der Waals surface area contributed by atoms with Crippen molar-refractivity contribution in [2.24, 2.45) is 13.0 Å². The number of likely N-dealkylation sites (tertiary alicyclic amines) is 1. The molecule has 1 fully saturated rings. The van der Waals surface area contributed by atoms with Crippen molar-refractivity contribution in [3.05, 3.63) is 40.9 Å². The van der Waals surface area contributed by atoms with Crippen LogP contribution >= 0.6 is 11.6 Å². The summed E-state index contributed by atoms with van der Waals surface area (Å²) in [7, 11) is 3.07. The first-order chi connectivity index (χ1) is 13.5. The van der Waals surface area contributed by atoms with Gasteiger partial charge in [-0.25, -0.2) is 4.39 Å². The summed E-state index contributed by atoms with van der Waals surface area (Å²) in [5, 5.41) is 6.32. The van der Waals surface area contributed by atoms with Crippen LogP contribution in [0.4, 0.5) is 23.2 Å². The molecule has 1 saturated heterocycles. The molecule has 2 unspecified atom stereocenters. The maximum atomic E-state index is 13.9. The molecule has 2 atom stereocenters. The molecule has 0 radical (unpaired) electrons. The predicted molar refractivity (Wildman–Crippen MR) is 93.8 cm³/mol. The summed E-state index contributed by atoms with van der Waals surface area (Å²) in [5.41, 5.74) is -0.0460. The number of halogens is 5. The van der Waals surface area contributed by atoms with Crippen molar-refractivity contribution in [1.82, 2.24) is 14.7 Å². The van der Waals surface area contributed by atoms with Gasteiger partial charge < -0.3 is 15.0 Å². The summed E-state index contributed by atoms with van der Waals surface area (Å²) >= 11 is 5.88. The van der Waals surface area contributed by atoms with Crippen LogP contribution in [-0.4, -0.2) is 46.4 Å². The average molecular weight is 435 g/mol. The lowest BCUT2D eigenvalue weighted by Crippen LogP contribution is -2.33. The fourth-order valence-corrected chi connectivity index (χ4v) is 3.51. The van der Waals surface area contributed by atoms with Crippen molar-refractivity contribution in [1.29, 1.82) is 0 Å². The summed E-state index contributed by atoms with van der Waals surface area (Å²) < 4.78 is 56.8. The molecule has 156 valence electrons. The standard InChI is InChI=1S/C17H15ClF4N4O3/c1-25-7-8(11-6-12(18)24-26(11)2)13(16(25)28)15(27)23-10-5-3-4-9(19)14(10)29-17(20,21)22/h3-6,8,13H,7H2,1-2H3,(H,23,27). The number of alkyl halides is 3. The van der Waals surface area contributed by atoms with E-state index in [9.17, 15) is 27.2 Å². The summed E-state index contributed by atoms with van der Waals surface area (Å²) in [6, 6.07) is 4.40. The molecule has 1 aliphatic heterocycles. The van der Waals surface area contributed by atoms with Gasteiger partial charge in [0.15, 0.2) is 16.7 Å². The number of benzene rings is 1. The normalized spacial score (nSPS) is 19.6. The SMILES string of the molecule is CN1CC(c2cc(Cl)nn2C)C(C(=O)Nc2cccc(F)c2OC(F)(F)F)C1=O. The molecule has 12 heteroatoms. The van der Waals surface area contributed by atoms with Crippen LogP contribution in [0.25, 0.3) is 0 Å². The van der Waals surface area contributed by atoms with Gasteiger partial charge >= 0.3 is 6.36 Å². The highest BCUT2D eigenvalue weighted by Crippen LogP contribution is 2.37. The summed E-state index contributed by atoms with van der Waals surface area (Å²) in [6.45, 7) is 0.168. The van der Waals surface area contributed by atoms with Crippen molar-refractivity contribution in [3.8, 4) is 5.75 Å². The van der Waals surface area contributed by atoms with E-state index in [-0.39, 0.29) is 11.7 Å². The summed E-state index contributed by atoms with van der Waals surface area (Å²) in [6.07, 6.45) is -5.17. The molecule has 1 N–H and O–H groups in total. The van der Waals surface area contributed by atoms with Crippen LogP contribution in [0.5, 0.6) is 5.75 Å². The van der Waals surface area contributed by atoms with Crippen molar-refractivity contribution < 1.29 is 31.9 Å². The number of aryl methyl sites for hydroxylation is 1. The zero-order valence-corrected chi connectivity index (χ0v) is 15.9. The number of carbonyl (C=O) groups is 2. The molecule has 2 heterocycles. The molecule has 0 spiro atoms. The molecule has 0 saturated carbocycles. The van der Waals surface area contributed by atoms with Gasteiger partial charge in [0.05, 0.1) is 5.69 Å². The Labute approximate surface area is 167 Å². The van der Waals surface area contributed by atoms with E-state index in [1.54, 1.807) is 7.05 Å². The lowest BCUT2D eigenvalue weighted by atomic mass is 9.91. The van der Waals surface area contributed by atoms with E-state index in [1.807, 2.05) is 0 Å². The van der Waals surface area contributed by atoms with Gasteiger partial charge in [-0.2, -0.15) is 5.10 Å². The van der Waals surface area contributed by atoms with Gasteiger partial charge in [-0.3, -0.25) is 14.3 Å². The minimum absolute atomic E-state index is 0.162. The Morgan fingerprint density at radius 2 is 2.03 bits per heavy atom. The number of para-hydroxylation sites is 1. The van der Waals surface area contributed by atoms with Crippen LogP contribution < -0.4 is 10.1 Å². The van der Waals surface area contributed by atoms with Crippen molar-refractivity contribution in [2.75, 3.05) is 18.9 Å². The van der Waals surface area contributed by atoms with E-state index in [4.69, 9.17) is 11.6 Å². The zero-order valence-electron chi connectivity index (χ0n) is 15.1. The highest BCUT2D eigenvalue weighted by Gasteiger charge is 2.46. The van der Waals surface area contributed by atoms with E-state index in [0.29, 0.717) is 5.69 Å². The Morgan fingerprint density at radius 3 is 2.62 bits per heavy atom. The Morgan fingerprint density at radius 1 is 1.34 bits per heavy atom. The van der Waals surface area contributed by atoms with E-state index >= 15 is 0 Å². The second-order valence-corrected chi connectivity index (χ2v) is 6.86. The lowest BCUT2D eigenvalue weighted by molar-refractivity contribution is -0.275. The van der Waals surface area contributed by atoms with Gasteiger partial charge in [0, 0.05) is 32.3 Å². The maximum absolute atomic E-state index is 13.9. The summed E-state index contributed by atoms with van der Waals surface area (Å²) in [4.78, 5) is 26.7. The molecule has 0 aliphatic carbocycles. The second-order valence-electron chi connectivity index (χ2n) is 6.47. The number of likely N-dealkylation sites (N-methyl/N-ethyl adjacent to an activating group) is 1. The molecule has 7 nitrogen and oxygen atoms in total. The fourth-order valence-electron chi connectivity index (χ4n) is 3.29. The predicted octanol–water partition coefficient (Wildman–Crippen LogP) is 2.92. The minimum Gasteiger partial charge on any atom is -0.400 e. The van der Waals surface area contributed by atoms with Crippen LogP contribution in [0.1, 0.15) is 11.6 Å². The first kappa shape index (κ1) is 20.9. The lowest BCUT2D eigenvalue weighted by Gasteiger charge is -2.19.